The van der Waals surface area contributed by atoms with Gasteiger partial charge >= 0.3 is 12.1 Å². The lowest BCUT2D eigenvalue weighted by molar-refractivity contribution is -0.138. The fourth-order valence-corrected chi connectivity index (χ4v) is 4.22. The smallest absolute Gasteiger partial charge is 0.414 e. The number of aromatic amines is 1. The number of carbonyl (C=O) groups excluding carboxylic acids is 2. The molecule has 1 heterocycles. The second-order valence-electron chi connectivity index (χ2n) is 9.57. The highest BCUT2D eigenvalue weighted by Crippen LogP contribution is 2.44. The molecule has 0 unspecified atom stereocenters. The van der Waals surface area contributed by atoms with E-state index in [9.17, 15) is 14.4 Å². The zero-order valence-corrected chi connectivity index (χ0v) is 19.7. The van der Waals surface area contributed by atoms with Gasteiger partial charge in [0.1, 0.15) is 13.2 Å². The standard InChI is InChI=1S/C25H27N5O5/c1-25(2,3)14-30(12-20(31)32)22(33)21-26-23(29-28-21)27-24(34)35-13-19-17-10-6-4-8-15(17)16-9-5-7-11-18(16)19/h4-11,19H,12-14H2,1-3H3,(H,31,32)(H2,26,27,28,29,34). The van der Waals surface area contributed by atoms with Crippen molar-refractivity contribution in [2.24, 2.45) is 5.41 Å². The van der Waals surface area contributed by atoms with Crippen LogP contribution >= 0.6 is 0 Å². The van der Waals surface area contributed by atoms with Gasteiger partial charge in [-0.3, -0.25) is 20.0 Å². The number of hydrogen-bond acceptors (Lipinski definition) is 6. The van der Waals surface area contributed by atoms with E-state index in [0.29, 0.717) is 0 Å². The van der Waals surface area contributed by atoms with Crippen molar-refractivity contribution in [1.82, 2.24) is 20.1 Å². The van der Waals surface area contributed by atoms with Crippen molar-refractivity contribution < 1.29 is 24.2 Å². The van der Waals surface area contributed by atoms with Gasteiger partial charge in [-0.15, -0.1) is 5.10 Å². The number of amides is 2. The Balaban J connectivity index is 1.40. The zero-order valence-electron chi connectivity index (χ0n) is 19.7. The van der Waals surface area contributed by atoms with Crippen LogP contribution < -0.4 is 5.32 Å². The number of carbonyl (C=O) groups is 3. The average molecular weight is 478 g/mol. The van der Waals surface area contributed by atoms with Crippen LogP contribution in [0.5, 0.6) is 0 Å². The molecule has 0 bridgehead atoms. The van der Waals surface area contributed by atoms with E-state index in [2.05, 4.69) is 20.5 Å². The second kappa shape index (κ2) is 9.57. The van der Waals surface area contributed by atoms with Crippen LogP contribution in [0.3, 0.4) is 0 Å². The Morgan fingerprint density at radius 3 is 2.23 bits per heavy atom. The monoisotopic (exact) mass is 477 g/mol. The van der Waals surface area contributed by atoms with Crippen molar-refractivity contribution in [2.75, 3.05) is 25.0 Å². The number of hydrogen-bond donors (Lipinski definition) is 3. The topological polar surface area (TPSA) is 138 Å². The van der Waals surface area contributed by atoms with E-state index >= 15 is 0 Å². The van der Waals surface area contributed by atoms with E-state index in [-0.39, 0.29) is 36.3 Å². The van der Waals surface area contributed by atoms with Gasteiger partial charge < -0.3 is 14.7 Å². The van der Waals surface area contributed by atoms with Crippen LogP contribution in [-0.4, -0.2) is 62.9 Å². The summed E-state index contributed by atoms with van der Waals surface area (Å²) in [4.78, 5) is 41.6. The average Bonchev–Trinajstić information content (AvgIpc) is 3.38. The van der Waals surface area contributed by atoms with Crippen LogP contribution in [0.2, 0.25) is 0 Å². The molecule has 0 radical (unpaired) electrons. The highest BCUT2D eigenvalue weighted by Gasteiger charge is 2.30. The molecule has 182 valence electrons. The Morgan fingerprint density at radius 2 is 1.66 bits per heavy atom. The molecule has 0 atom stereocenters. The van der Waals surface area contributed by atoms with Gasteiger partial charge in [0.15, 0.2) is 0 Å². The summed E-state index contributed by atoms with van der Waals surface area (Å²) in [6.07, 6.45) is -0.762. The van der Waals surface area contributed by atoms with E-state index < -0.39 is 24.5 Å². The van der Waals surface area contributed by atoms with E-state index in [4.69, 9.17) is 9.84 Å². The molecule has 3 N–H and O–H groups in total. The molecular weight excluding hydrogens is 450 g/mol. The lowest BCUT2D eigenvalue weighted by Crippen LogP contribution is -2.41. The second-order valence-corrected chi connectivity index (χ2v) is 9.57. The number of rotatable bonds is 7. The molecule has 1 aromatic heterocycles. The molecule has 4 rings (SSSR count). The maximum Gasteiger partial charge on any atom is 0.414 e. The number of aromatic nitrogens is 3. The normalized spacial score (nSPS) is 12.5. The molecule has 10 nitrogen and oxygen atoms in total. The molecule has 0 saturated heterocycles. The van der Waals surface area contributed by atoms with Crippen LogP contribution in [0.15, 0.2) is 48.5 Å². The largest absolute Gasteiger partial charge is 0.480 e. The van der Waals surface area contributed by atoms with Gasteiger partial charge in [0.2, 0.25) is 5.82 Å². The number of nitrogens with zero attached hydrogens (tertiary/aromatic N) is 3. The highest BCUT2D eigenvalue weighted by molar-refractivity contribution is 5.93. The first-order valence-electron chi connectivity index (χ1n) is 11.2. The summed E-state index contributed by atoms with van der Waals surface area (Å²) < 4.78 is 5.46. The lowest BCUT2D eigenvalue weighted by atomic mass is 9.96. The van der Waals surface area contributed by atoms with Gasteiger partial charge in [0.25, 0.3) is 11.9 Å². The SMILES string of the molecule is CC(C)(C)CN(CC(=O)O)C(=O)c1nc(NC(=O)OCC2c3ccccc3-c3ccccc32)n[nH]1. The first-order chi connectivity index (χ1) is 16.6. The Labute approximate surface area is 202 Å². The minimum absolute atomic E-state index is 0.0978. The van der Waals surface area contributed by atoms with E-state index in [1.165, 1.54) is 4.90 Å². The fourth-order valence-electron chi connectivity index (χ4n) is 4.22. The molecule has 1 aliphatic carbocycles. The van der Waals surface area contributed by atoms with Gasteiger partial charge in [-0.2, -0.15) is 4.98 Å². The predicted octanol–water partition coefficient (Wildman–Crippen LogP) is 3.74. The maximum atomic E-state index is 12.8. The molecule has 0 spiro atoms. The Morgan fingerprint density at radius 1 is 1.06 bits per heavy atom. The minimum atomic E-state index is -1.14. The number of nitrogens with one attached hydrogen (secondary N) is 2. The molecule has 2 aromatic carbocycles. The molecule has 2 amide bonds. The number of aliphatic carboxylic acids is 1. The number of benzene rings is 2. The van der Waals surface area contributed by atoms with Crippen molar-refractivity contribution in [3.05, 3.63) is 65.5 Å². The summed E-state index contributed by atoms with van der Waals surface area (Å²) in [6, 6.07) is 16.0. The summed E-state index contributed by atoms with van der Waals surface area (Å²) in [5.74, 6) is -2.19. The molecule has 3 aromatic rings. The fraction of sp³-hybridized carbons (Fsp3) is 0.320. The highest BCUT2D eigenvalue weighted by atomic mass is 16.5. The quantitative estimate of drug-likeness (QED) is 0.471. The minimum Gasteiger partial charge on any atom is -0.480 e. The molecule has 0 aliphatic heterocycles. The molecule has 0 fully saturated rings. The van der Waals surface area contributed by atoms with Gasteiger partial charge in [0, 0.05) is 12.5 Å². The van der Waals surface area contributed by atoms with Crippen molar-refractivity contribution in [1.29, 1.82) is 0 Å². The molecular formula is C25H27N5O5. The van der Waals surface area contributed by atoms with Gasteiger partial charge in [-0.1, -0.05) is 69.3 Å². The van der Waals surface area contributed by atoms with Crippen molar-refractivity contribution >= 4 is 23.9 Å². The van der Waals surface area contributed by atoms with Crippen LogP contribution in [0.4, 0.5) is 10.7 Å². The first kappa shape index (κ1) is 23.9. The Kier molecular flexibility index (Phi) is 6.54. The van der Waals surface area contributed by atoms with Crippen LogP contribution in [0.1, 0.15) is 48.4 Å². The summed E-state index contributed by atoms with van der Waals surface area (Å²) in [5.41, 5.74) is 4.09. The van der Waals surface area contributed by atoms with Crippen LogP contribution in [-0.2, 0) is 9.53 Å². The van der Waals surface area contributed by atoms with Gasteiger partial charge in [-0.05, 0) is 27.7 Å². The number of H-pyrrole nitrogens is 1. The first-order valence-corrected chi connectivity index (χ1v) is 11.2. The summed E-state index contributed by atoms with van der Waals surface area (Å²) >= 11 is 0. The number of fused-ring (bicyclic) bond motifs is 3. The van der Waals surface area contributed by atoms with Crippen LogP contribution in [0.25, 0.3) is 11.1 Å². The third-order valence-corrected chi connectivity index (χ3v) is 5.52. The maximum absolute atomic E-state index is 12.8. The summed E-state index contributed by atoms with van der Waals surface area (Å²) in [5, 5.41) is 17.9. The number of carboxylic acid groups (broad SMARTS) is 1. The van der Waals surface area contributed by atoms with Gasteiger partial charge in [-0.25, -0.2) is 4.79 Å². The third-order valence-electron chi connectivity index (χ3n) is 5.52. The van der Waals surface area contributed by atoms with Crippen LogP contribution in [0, 0.1) is 5.41 Å². The Hall–Kier alpha value is -4.21. The lowest BCUT2D eigenvalue weighted by Gasteiger charge is -2.27. The van der Waals surface area contributed by atoms with E-state index in [1.54, 1.807) is 0 Å². The molecule has 10 heteroatoms. The number of ether oxygens (including phenoxy) is 1. The van der Waals surface area contributed by atoms with E-state index in [1.807, 2.05) is 69.3 Å². The number of anilines is 1. The van der Waals surface area contributed by atoms with E-state index in [0.717, 1.165) is 22.3 Å². The van der Waals surface area contributed by atoms with Crippen molar-refractivity contribution in [3.8, 4) is 11.1 Å². The predicted molar refractivity (Wildman–Crippen MR) is 128 cm³/mol. The zero-order chi connectivity index (χ0) is 25.2. The summed E-state index contributed by atoms with van der Waals surface area (Å²) in [6.45, 7) is 5.51. The number of carboxylic acids is 1. The molecule has 35 heavy (non-hydrogen) atoms. The van der Waals surface area contributed by atoms with Gasteiger partial charge in [0.05, 0.1) is 0 Å². The third kappa shape index (κ3) is 5.48. The molecule has 0 saturated carbocycles. The summed E-state index contributed by atoms with van der Waals surface area (Å²) in [7, 11) is 0. The molecule has 1 aliphatic rings. The Bertz CT molecular complexity index is 1220. The van der Waals surface area contributed by atoms with Crippen molar-refractivity contribution in [3.63, 3.8) is 0 Å². The van der Waals surface area contributed by atoms with Crippen molar-refractivity contribution in [2.45, 2.75) is 26.7 Å².